The van der Waals surface area contributed by atoms with Gasteiger partial charge in [-0.1, -0.05) is 78.9 Å². The van der Waals surface area contributed by atoms with E-state index in [1.165, 1.54) is 28.2 Å². The Hall–Kier alpha value is -3.00. The van der Waals surface area contributed by atoms with Crippen LogP contribution in [0.15, 0.2) is 91.0 Å². The van der Waals surface area contributed by atoms with Gasteiger partial charge in [-0.15, -0.1) is 0 Å². The Labute approximate surface area is 143 Å². The van der Waals surface area contributed by atoms with E-state index in [9.17, 15) is 0 Å². The third kappa shape index (κ3) is 2.56. The van der Waals surface area contributed by atoms with E-state index < -0.39 is 0 Å². The third-order valence-corrected chi connectivity index (χ3v) is 4.39. The maximum absolute atomic E-state index is 2.39. The van der Waals surface area contributed by atoms with Crippen molar-refractivity contribution in [3.63, 3.8) is 0 Å². The first-order valence-corrected chi connectivity index (χ1v) is 8.23. The predicted molar refractivity (Wildman–Crippen MR) is 101 cm³/mol. The Morgan fingerprint density at radius 3 is 1.58 bits per heavy atom. The Morgan fingerprint density at radius 1 is 0.583 bits per heavy atom. The summed E-state index contributed by atoms with van der Waals surface area (Å²) in [7, 11) is 2.16. The van der Waals surface area contributed by atoms with Crippen LogP contribution in [0.5, 0.6) is 0 Å². The Bertz CT molecular complexity index is 839. The molecule has 0 N–H and O–H groups in total. The highest BCUT2D eigenvalue weighted by molar-refractivity contribution is 5.98. The van der Waals surface area contributed by atoms with Crippen molar-refractivity contribution in [3.05, 3.63) is 102 Å². The SMILES string of the molecule is CN1CN(c2ccccc2)C(c2ccccc2)=C1c1ccccc1. The number of nitrogens with zero attached hydrogens (tertiary/aromatic N) is 2. The molecule has 0 atom stereocenters. The first-order chi connectivity index (χ1) is 11.8. The molecule has 0 amide bonds. The van der Waals surface area contributed by atoms with Crippen molar-refractivity contribution in [1.82, 2.24) is 4.90 Å². The van der Waals surface area contributed by atoms with Crippen LogP contribution >= 0.6 is 0 Å². The van der Waals surface area contributed by atoms with E-state index in [0.717, 1.165) is 6.67 Å². The predicted octanol–water partition coefficient (Wildman–Crippen LogP) is 4.92. The van der Waals surface area contributed by atoms with Gasteiger partial charge in [-0.2, -0.15) is 0 Å². The number of hydrogen-bond acceptors (Lipinski definition) is 2. The van der Waals surface area contributed by atoms with Gasteiger partial charge < -0.3 is 9.80 Å². The molecule has 0 saturated heterocycles. The molecule has 2 nitrogen and oxygen atoms in total. The van der Waals surface area contributed by atoms with Crippen LogP contribution in [0.1, 0.15) is 11.1 Å². The van der Waals surface area contributed by atoms with Gasteiger partial charge in [0, 0.05) is 18.3 Å². The maximum Gasteiger partial charge on any atom is 0.0950 e. The van der Waals surface area contributed by atoms with E-state index in [2.05, 4.69) is 108 Å². The summed E-state index contributed by atoms with van der Waals surface area (Å²) in [6.45, 7) is 0.846. The van der Waals surface area contributed by atoms with Gasteiger partial charge in [-0.25, -0.2) is 0 Å². The highest BCUT2D eigenvalue weighted by Gasteiger charge is 2.29. The molecule has 0 radical (unpaired) electrons. The summed E-state index contributed by atoms with van der Waals surface area (Å²) in [5.74, 6) is 0. The first-order valence-electron chi connectivity index (χ1n) is 8.23. The topological polar surface area (TPSA) is 6.48 Å². The lowest BCUT2D eigenvalue weighted by molar-refractivity contribution is 0.517. The van der Waals surface area contributed by atoms with E-state index >= 15 is 0 Å². The Kier molecular flexibility index (Phi) is 3.80. The molecule has 1 heterocycles. The van der Waals surface area contributed by atoms with Gasteiger partial charge in [0.1, 0.15) is 0 Å². The standard InChI is InChI=1S/C22H20N2/c1-23-17-24(20-15-9-4-10-16-20)22(19-13-7-3-8-14-19)21(23)18-11-5-2-6-12-18/h2-16H,17H2,1H3. The zero-order valence-corrected chi connectivity index (χ0v) is 13.8. The third-order valence-electron chi connectivity index (χ3n) is 4.39. The van der Waals surface area contributed by atoms with Crippen LogP contribution in [0.2, 0.25) is 0 Å². The summed E-state index contributed by atoms with van der Waals surface area (Å²) in [5.41, 5.74) is 6.23. The molecule has 3 aromatic rings. The number of para-hydroxylation sites is 1. The molecule has 1 aliphatic rings. The minimum absolute atomic E-state index is 0.846. The monoisotopic (exact) mass is 312 g/mol. The van der Waals surface area contributed by atoms with Crippen LogP contribution < -0.4 is 4.90 Å². The molecular formula is C22H20N2. The quantitative estimate of drug-likeness (QED) is 0.677. The van der Waals surface area contributed by atoms with E-state index in [1.54, 1.807) is 0 Å². The van der Waals surface area contributed by atoms with Gasteiger partial charge in [0.05, 0.1) is 18.1 Å². The fourth-order valence-electron chi connectivity index (χ4n) is 3.32. The summed E-state index contributed by atoms with van der Waals surface area (Å²) >= 11 is 0. The van der Waals surface area contributed by atoms with Crippen molar-refractivity contribution in [2.75, 3.05) is 18.6 Å². The molecule has 4 rings (SSSR count). The molecule has 118 valence electrons. The second-order valence-corrected chi connectivity index (χ2v) is 6.03. The van der Waals surface area contributed by atoms with Crippen molar-refractivity contribution < 1.29 is 0 Å². The van der Waals surface area contributed by atoms with E-state index in [4.69, 9.17) is 0 Å². The van der Waals surface area contributed by atoms with Crippen LogP contribution in [-0.2, 0) is 0 Å². The molecule has 0 bridgehead atoms. The van der Waals surface area contributed by atoms with Crippen molar-refractivity contribution in [2.24, 2.45) is 0 Å². The fourth-order valence-corrected chi connectivity index (χ4v) is 3.32. The largest absolute Gasteiger partial charge is 0.354 e. The van der Waals surface area contributed by atoms with Crippen LogP contribution in [0.4, 0.5) is 5.69 Å². The average molecular weight is 312 g/mol. The van der Waals surface area contributed by atoms with Crippen molar-refractivity contribution in [3.8, 4) is 0 Å². The number of rotatable bonds is 3. The van der Waals surface area contributed by atoms with Crippen molar-refractivity contribution >= 4 is 17.1 Å². The van der Waals surface area contributed by atoms with Gasteiger partial charge in [0.25, 0.3) is 0 Å². The molecule has 1 aliphatic heterocycles. The zero-order chi connectivity index (χ0) is 16.4. The normalized spacial score (nSPS) is 14.4. The molecule has 0 aliphatic carbocycles. The van der Waals surface area contributed by atoms with Gasteiger partial charge in [-0.3, -0.25) is 0 Å². The zero-order valence-electron chi connectivity index (χ0n) is 13.8. The molecule has 0 fully saturated rings. The van der Waals surface area contributed by atoms with E-state index in [0.29, 0.717) is 0 Å². The number of benzene rings is 3. The minimum Gasteiger partial charge on any atom is -0.354 e. The highest BCUT2D eigenvalue weighted by atomic mass is 15.4. The van der Waals surface area contributed by atoms with E-state index in [1.807, 2.05) is 0 Å². The molecule has 0 saturated carbocycles. The van der Waals surface area contributed by atoms with Crippen molar-refractivity contribution in [1.29, 1.82) is 0 Å². The van der Waals surface area contributed by atoms with Gasteiger partial charge >= 0.3 is 0 Å². The van der Waals surface area contributed by atoms with Gasteiger partial charge in [0.15, 0.2) is 0 Å². The first kappa shape index (κ1) is 14.6. The molecule has 0 aromatic heterocycles. The van der Waals surface area contributed by atoms with Crippen LogP contribution in [0, 0.1) is 0 Å². The lowest BCUT2D eigenvalue weighted by atomic mass is 10.0. The summed E-state index contributed by atoms with van der Waals surface area (Å²) < 4.78 is 0. The lowest BCUT2D eigenvalue weighted by Gasteiger charge is -2.22. The number of hydrogen-bond donors (Lipinski definition) is 0. The molecule has 24 heavy (non-hydrogen) atoms. The summed E-state index contributed by atoms with van der Waals surface area (Å²) in [5, 5.41) is 0. The lowest BCUT2D eigenvalue weighted by Crippen LogP contribution is -2.24. The summed E-state index contributed by atoms with van der Waals surface area (Å²) in [6.07, 6.45) is 0. The maximum atomic E-state index is 2.39. The molecule has 0 spiro atoms. The van der Waals surface area contributed by atoms with Gasteiger partial charge in [0.2, 0.25) is 0 Å². The van der Waals surface area contributed by atoms with Crippen LogP contribution in [0.25, 0.3) is 11.4 Å². The minimum atomic E-state index is 0.846. The average Bonchev–Trinajstić information content (AvgIpc) is 3.01. The second kappa shape index (κ2) is 6.25. The summed E-state index contributed by atoms with van der Waals surface area (Å²) in [4.78, 5) is 4.71. The molecule has 2 heteroatoms. The van der Waals surface area contributed by atoms with Crippen LogP contribution in [-0.4, -0.2) is 18.6 Å². The molecule has 3 aromatic carbocycles. The second-order valence-electron chi connectivity index (χ2n) is 6.03. The Balaban J connectivity index is 1.93. The fraction of sp³-hybridized carbons (Fsp3) is 0.0909. The smallest absolute Gasteiger partial charge is 0.0950 e. The van der Waals surface area contributed by atoms with Gasteiger partial charge in [-0.05, 0) is 17.7 Å². The molecular weight excluding hydrogens is 292 g/mol. The number of anilines is 1. The van der Waals surface area contributed by atoms with Crippen molar-refractivity contribution in [2.45, 2.75) is 0 Å². The molecule has 0 unspecified atom stereocenters. The van der Waals surface area contributed by atoms with E-state index in [-0.39, 0.29) is 0 Å². The Morgan fingerprint density at radius 2 is 1.04 bits per heavy atom. The van der Waals surface area contributed by atoms with Crippen LogP contribution in [0.3, 0.4) is 0 Å². The summed E-state index contributed by atoms with van der Waals surface area (Å²) in [6, 6.07) is 31.9. The highest BCUT2D eigenvalue weighted by Crippen LogP contribution is 2.39.